The minimum Gasteiger partial charge on any atom is -0.464 e. The number of hydrogen-bond acceptors (Lipinski definition) is 6. The molecular weight excluding hydrogens is 398 g/mol. The van der Waals surface area contributed by atoms with E-state index in [4.69, 9.17) is 4.42 Å². The summed E-state index contributed by atoms with van der Waals surface area (Å²) >= 11 is 0. The number of benzene rings is 1. The first-order valence-corrected chi connectivity index (χ1v) is 10.6. The van der Waals surface area contributed by atoms with E-state index in [1.807, 2.05) is 55.7 Å². The van der Waals surface area contributed by atoms with Crippen LogP contribution in [-0.4, -0.2) is 26.5 Å². The third-order valence-corrected chi connectivity index (χ3v) is 5.58. The average molecular weight is 422 g/mol. The molecule has 0 saturated carbocycles. The van der Waals surface area contributed by atoms with Crippen molar-refractivity contribution in [2.24, 2.45) is 0 Å². The van der Waals surface area contributed by atoms with Gasteiger partial charge in [0.15, 0.2) is 0 Å². The van der Waals surface area contributed by atoms with Crippen LogP contribution in [0.15, 0.2) is 84.0 Å². The van der Waals surface area contributed by atoms with Crippen LogP contribution in [0.5, 0.6) is 0 Å². The van der Waals surface area contributed by atoms with Gasteiger partial charge in [0.2, 0.25) is 0 Å². The zero-order chi connectivity index (χ0) is 21.9. The van der Waals surface area contributed by atoms with Crippen LogP contribution in [0.2, 0.25) is 0 Å². The molecule has 1 aromatic carbocycles. The predicted octanol–water partition coefficient (Wildman–Crippen LogP) is 5.87. The quantitative estimate of drug-likeness (QED) is 0.369. The monoisotopic (exact) mass is 421 g/mol. The molecule has 0 unspecified atom stereocenters. The standard InChI is InChI=1S/C26H23N5O/c1-17(14-29-25-13-23(30-16-31-25)19-9-8-18(2)28-15-19)20-5-3-6-22-21(10-11-27-26(20)22)24-7-4-12-32-24/h3-13,15-17H,14H2,1-2H3,(H,29,30,31)/t17-/m1/s1. The number of aromatic nitrogens is 4. The van der Waals surface area contributed by atoms with Crippen molar-refractivity contribution in [1.29, 1.82) is 0 Å². The summed E-state index contributed by atoms with van der Waals surface area (Å²) in [7, 11) is 0. The molecule has 1 N–H and O–H groups in total. The zero-order valence-electron chi connectivity index (χ0n) is 18.0. The number of hydrogen-bond donors (Lipinski definition) is 1. The molecule has 6 heteroatoms. The van der Waals surface area contributed by atoms with E-state index < -0.39 is 0 Å². The van der Waals surface area contributed by atoms with Crippen molar-refractivity contribution < 1.29 is 4.42 Å². The Hall–Kier alpha value is -4.06. The largest absolute Gasteiger partial charge is 0.464 e. The highest BCUT2D eigenvalue weighted by atomic mass is 16.3. The van der Waals surface area contributed by atoms with Crippen LogP contribution in [-0.2, 0) is 0 Å². The number of rotatable bonds is 6. The number of pyridine rings is 2. The van der Waals surface area contributed by atoms with E-state index in [1.54, 1.807) is 12.6 Å². The number of para-hydroxylation sites is 1. The second-order valence-electron chi connectivity index (χ2n) is 7.84. The lowest BCUT2D eigenvalue weighted by molar-refractivity contribution is 0.583. The summed E-state index contributed by atoms with van der Waals surface area (Å²) in [6.45, 7) is 4.88. The maximum absolute atomic E-state index is 5.63. The van der Waals surface area contributed by atoms with Gasteiger partial charge in [0.05, 0.1) is 17.5 Å². The van der Waals surface area contributed by atoms with Gasteiger partial charge in [-0.15, -0.1) is 0 Å². The first-order chi connectivity index (χ1) is 15.7. The van der Waals surface area contributed by atoms with Crippen molar-refractivity contribution in [3.05, 3.63) is 90.8 Å². The fraction of sp³-hybridized carbons (Fsp3) is 0.154. The van der Waals surface area contributed by atoms with Gasteiger partial charge < -0.3 is 9.73 Å². The number of aryl methyl sites for hydroxylation is 1. The molecule has 5 aromatic rings. The Bertz CT molecular complexity index is 1350. The molecule has 0 aliphatic heterocycles. The van der Waals surface area contributed by atoms with Crippen LogP contribution >= 0.6 is 0 Å². The van der Waals surface area contributed by atoms with Crippen LogP contribution in [0.25, 0.3) is 33.5 Å². The van der Waals surface area contributed by atoms with E-state index in [-0.39, 0.29) is 5.92 Å². The molecule has 6 nitrogen and oxygen atoms in total. The molecule has 0 bridgehead atoms. The second-order valence-corrected chi connectivity index (χ2v) is 7.84. The molecule has 0 amide bonds. The lowest BCUT2D eigenvalue weighted by Crippen LogP contribution is -2.11. The minimum absolute atomic E-state index is 0.220. The van der Waals surface area contributed by atoms with E-state index in [9.17, 15) is 0 Å². The van der Waals surface area contributed by atoms with Crippen molar-refractivity contribution in [2.75, 3.05) is 11.9 Å². The number of furan rings is 1. The summed E-state index contributed by atoms with van der Waals surface area (Å²) in [6.07, 6.45) is 6.95. The molecule has 0 radical (unpaired) electrons. The second kappa shape index (κ2) is 8.59. The van der Waals surface area contributed by atoms with E-state index in [0.29, 0.717) is 6.54 Å². The van der Waals surface area contributed by atoms with Gasteiger partial charge in [-0.3, -0.25) is 9.97 Å². The van der Waals surface area contributed by atoms with Crippen molar-refractivity contribution in [1.82, 2.24) is 19.9 Å². The Kier molecular flexibility index (Phi) is 5.34. The lowest BCUT2D eigenvalue weighted by Gasteiger charge is -2.16. The smallest absolute Gasteiger partial charge is 0.134 e. The van der Waals surface area contributed by atoms with E-state index in [0.717, 1.165) is 45.0 Å². The van der Waals surface area contributed by atoms with Crippen LogP contribution in [0.1, 0.15) is 24.1 Å². The van der Waals surface area contributed by atoms with Crippen LogP contribution in [0, 0.1) is 6.92 Å². The fourth-order valence-corrected chi connectivity index (χ4v) is 3.84. The van der Waals surface area contributed by atoms with Gasteiger partial charge in [0, 0.05) is 53.1 Å². The van der Waals surface area contributed by atoms with Gasteiger partial charge in [-0.05, 0) is 42.8 Å². The molecule has 0 saturated heterocycles. The number of nitrogens with one attached hydrogen (secondary N) is 1. The molecule has 158 valence electrons. The Labute approximate surface area is 186 Å². The first-order valence-electron chi connectivity index (χ1n) is 10.6. The zero-order valence-corrected chi connectivity index (χ0v) is 18.0. The van der Waals surface area contributed by atoms with E-state index in [1.165, 1.54) is 5.56 Å². The van der Waals surface area contributed by atoms with Crippen molar-refractivity contribution >= 4 is 16.7 Å². The maximum atomic E-state index is 5.63. The molecule has 0 spiro atoms. The SMILES string of the molecule is Cc1ccc(-c2cc(NC[C@@H](C)c3cccc4c(-c5ccco5)ccnc34)ncn2)cn1. The maximum Gasteiger partial charge on any atom is 0.134 e. The van der Waals surface area contributed by atoms with Crippen molar-refractivity contribution in [2.45, 2.75) is 19.8 Å². The predicted molar refractivity (Wildman–Crippen MR) is 126 cm³/mol. The Morgan fingerprint density at radius 2 is 1.91 bits per heavy atom. The summed E-state index contributed by atoms with van der Waals surface area (Å²) in [6, 6.07) is 18.1. The summed E-state index contributed by atoms with van der Waals surface area (Å²) in [5.41, 5.74) is 6.02. The van der Waals surface area contributed by atoms with Gasteiger partial charge in [-0.25, -0.2) is 9.97 Å². The molecular formula is C26H23N5O. The Morgan fingerprint density at radius 1 is 0.969 bits per heavy atom. The third kappa shape index (κ3) is 3.95. The molecule has 32 heavy (non-hydrogen) atoms. The van der Waals surface area contributed by atoms with Crippen LogP contribution in [0.3, 0.4) is 0 Å². The van der Waals surface area contributed by atoms with E-state index >= 15 is 0 Å². The lowest BCUT2D eigenvalue weighted by atomic mass is 9.95. The minimum atomic E-state index is 0.220. The topological polar surface area (TPSA) is 76.7 Å². The highest BCUT2D eigenvalue weighted by Crippen LogP contribution is 2.32. The van der Waals surface area contributed by atoms with Crippen LogP contribution < -0.4 is 5.32 Å². The molecule has 4 aromatic heterocycles. The molecule has 0 fully saturated rings. The normalized spacial score (nSPS) is 12.1. The Morgan fingerprint density at radius 3 is 2.72 bits per heavy atom. The average Bonchev–Trinajstić information content (AvgIpc) is 3.37. The van der Waals surface area contributed by atoms with Crippen LogP contribution in [0.4, 0.5) is 5.82 Å². The molecule has 0 aliphatic rings. The van der Waals surface area contributed by atoms with Gasteiger partial charge in [0.1, 0.15) is 17.9 Å². The van der Waals surface area contributed by atoms with Gasteiger partial charge >= 0.3 is 0 Å². The number of anilines is 1. The number of fused-ring (bicyclic) bond motifs is 1. The first kappa shape index (κ1) is 19.9. The van der Waals surface area contributed by atoms with Gasteiger partial charge in [-0.1, -0.05) is 25.1 Å². The third-order valence-electron chi connectivity index (χ3n) is 5.58. The van der Waals surface area contributed by atoms with Gasteiger partial charge in [0.25, 0.3) is 0 Å². The summed E-state index contributed by atoms with van der Waals surface area (Å²) in [5, 5.41) is 4.54. The molecule has 1 atom stereocenters. The molecule has 0 aliphatic carbocycles. The molecule has 4 heterocycles. The van der Waals surface area contributed by atoms with E-state index in [2.05, 4.69) is 50.4 Å². The highest BCUT2D eigenvalue weighted by molar-refractivity contribution is 5.94. The summed E-state index contributed by atoms with van der Waals surface area (Å²) in [5.74, 6) is 1.85. The number of nitrogens with zero attached hydrogens (tertiary/aromatic N) is 4. The Balaban J connectivity index is 1.38. The van der Waals surface area contributed by atoms with Crippen molar-refractivity contribution in [3.8, 4) is 22.6 Å². The summed E-state index contributed by atoms with van der Waals surface area (Å²) < 4.78 is 5.63. The summed E-state index contributed by atoms with van der Waals surface area (Å²) in [4.78, 5) is 17.8. The van der Waals surface area contributed by atoms with Crippen molar-refractivity contribution in [3.63, 3.8) is 0 Å². The fourth-order valence-electron chi connectivity index (χ4n) is 3.84. The molecule has 5 rings (SSSR count). The highest BCUT2D eigenvalue weighted by Gasteiger charge is 2.14. The van der Waals surface area contributed by atoms with Gasteiger partial charge in [-0.2, -0.15) is 0 Å².